The zero-order valence-electron chi connectivity index (χ0n) is 16.3. The Labute approximate surface area is 170 Å². The zero-order valence-corrected chi connectivity index (χ0v) is 16.3. The van der Waals surface area contributed by atoms with Crippen LogP contribution in [0.3, 0.4) is 0 Å². The second-order valence-electron chi connectivity index (χ2n) is 7.71. The van der Waals surface area contributed by atoms with E-state index in [1.165, 1.54) is 21.5 Å². The summed E-state index contributed by atoms with van der Waals surface area (Å²) in [6.07, 6.45) is 2.06. The largest absolute Gasteiger partial charge is 0.394 e. The normalized spacial score (nSPS) is 16.4. The molecule has 3 nitrogen and oxygen atoms in total. The van der Waals surface area contributed by atoms with Gasteiger partial charge < -0.3 is 5.11 Å². The molecule has 0 bridgehead atoms. The summed E-state index contributed by atoms with van der Waals surface area (Å²) < 4.78 is 0. The fraction of sp³-hybridized carbons (Fsp3) is 0.192. The minimum Gasteiger partial charge on any atom is -0.394 e. The van der Waals surface area contributed by atoms with Crippen LogP contribution in [0.4, 0.5) is 0 Å². The van der Waals surface area contributed by atoms with Crippen LogP contribution in [0.5, 0.6) is 0 Å². The number of hydrazone groups is 1. The minimum absolute atomic E-state index is 0.103. The van der Waals surface area contributed by atoms with Crippen molar-refractivity contribution in [3.05, 3.63) is 96.1 Å². The standard InChI is InChI=1S/C26H24N2O/c29-18-25-10-5-15-28(25)27-26(23-13-11-19-6-1-3-8-21(19)16-23)24-14-12-20-7-2-4-9-22(20)17-24/h1-4,6-9,11-14,16-17,25,29H,5,10,15,18H2/t25-/m0/s1. The van der Waals surface area contributed by atoms with Crippen molar-refractivity contribution in [3.63, 3.8) is 0 Å². The van der Waals surface area contributed by atoms with Crippen LogP contribution in [0, 0.1) is 0 Å². The molecule has 0 unspecified atom stereocenters. The first-order chi connectivity index (χ1) is 14.3. The quantitative estimate of drug-likeness (QED) is 0.494. The number of rotatable bonds is 4. The van der Waals surface area contributed by atoms with Crippen LogP contribution in [0.1, 0.15) is 24.0 Å². The Hall–Kier alpha value is -3.17. The molecule has 0 amide bonds. The summed E-state index contributed by atoms with van der Waals surface area (Å²) in [6.45, 7) is 1.03. The van der Waals surface area contributed by atoms with Gasteiger partial charge in [0.05, 0.1) is 18.4 Å². The van der Waals surface area contributed by atoms with Crippen LogP contribution in [0.15, 0.2) is 90.0 Å². The van der Waals surface area contributed by atoms with E-state index in [4.69, 9.17) is 5.10 Å². The molecule has 0 saturated carbocycles. The highest BCUT2D eigenvalue weighted by atomic mass is 16.3. The van der Waals surface area contributed by atoms with Crippen LogP contribution in [0.2, 0.25) is 0 Å². The van der Waals surface area contributed by atoms with Gasteiger partial charge in [-0.1, -0.05) is 72.8 Å². The Morgan fingerprint density at radius 2 is 1.34 bits per heavy atom. The van der Waals surface area contributed by atoms with Gasteiger partial charge in [0.2, 0.25) is 0 Å². The Bertz CT molecular complexity index is 1120. The predicted octanol–water partition coefficient (Wildman–Crippen LogP) is 5.20. The molecule has 1 N–H and O–H groups in total. The summed E-state index contributed by atoms with van der Waals surface area (Å²) in [4.78, 5) is 0. The molecule has 5 rings (SSSR count). The Morgan fingerprint density at radius 3 is 1.90 bits per heavy atom. The molecule has 144 valence electrons. The van der Waals surface area contributed by atoms with E-state index in [2.05, 4.69) is 89.9 Å². The monoisotopic (exact) mass is 380 g/mol. The molecule has 3 heteroatoms. The molecule has 1 saturated heterocycles. The third-order valence-corrected chi connectivity index (χ3v) is 5.83. The number of benzene rings is 4. The highest BCUT2D eigenvalue weighted by molar-refractivity contribution is 6.15. The maximum absolute atomic E-state index is 9.76. The molecule has 0 radical (unpaired) electrons. The molecule has 0 aromatic heterocycles. The summed E-state index contributed by atoms with van der Waals surface area (Å²) in [5, 5.41) is 21.8. The molecular formula is C26H24N2O. The Balaban J connectivity index is 1.67. The van der Waals surface area contributed by atoms with Gasteiger partial charge in [0.25, 0.3) is 0 Å². The second kappa shape index (κ2) is 7.69. The molecular weight excluding hydrogens is 356 g/mol. The van der Waals surface area contributed by atoms with Gasteiger partial charge in [0, 0.05) is 17.7 Å². The van der Waals surface area contributed by atoms with Crippen molar-refractivity contribution in [3.8, 4) is 0 Å². The highest BCUT2D eigenvalue weighted by Crippen LogP contribution is 2.24. The number of aliphatic hydroxyl groups is 1. The summed E-state index contributed by atoms with van der Waals surface area (Å²) in [5.41, 5.74) is 3.16. The topological polar surface area (TPSA) is 35.8 Å². The molecule has 0 spiro atoms. The average molecular weight is 380 g/mol. The fourth-order valence-corrected chi connectivity index (χ4v) is 4.22. The van der Waals surface area contributed by atoms with E-state index in [9.17, 15) is 5.11 Å². The van der Waals surface area contributed by atoms with Gasteiger partial charge in [0.15, 0.2) is 0 Å². The SMILES string of the molecule is OC[C@@H]1CCCN1N=C(c1ccc2ccccc2c1)c1ccc2ccccc2c1. The van der Waals surface area contributed by atoms with E-state index in [1.807, 2.05) is 0 Å². The van der Waals surface area contributed by atoms with Crippen LogP contribution >= 0.6 is 0 Å². The van der Waals surface area contributed by atoms with E-state index < -0.39 is 0 Å². The summed E-state index contributed by atoms with van der Waals surface area (Å²) >= 11 is 0. The molecule has 4 aromatic rings. The van der Waals surface area contributed by atoms with Crippen molar-refractivity contribution in [2.24, 2.45) is 5.10 Å². The van der Waals surface area contributed by atoms with Crippen LogP contribution < -0.4 is 0 Å². The van der Waals surface area contributed by atoms with Crippen LogP contribution in [0.25, 0.3) is 21.5 Å². The number of aliphatic hydroxyl groups excluding tert-OH is 1. The number of nitrogens with zero attached hydrogens (tertiary/aromatic N) is 2. The van der Waals surface area contributed by atoms with Crippen molar-refractivity contribution >= 4 is 27.3 Å². The first-order valence-electron chi connectivity index (χ1n) is 10.3. The van der Waals surface area contributed by atoms with Crippen molar-refractivity contribution in [2.75, 3.05) is 13.2 Å². The summed E-state index contributed by atoms with van der Waals surface area (Å²) in [6, 6.07) is 30.0. The van der Waals surface area contributed by atoms with Gasteiger partial charge in [-0.25, -0.2) is 0 Å². The average Bonchev–Trinajstić information content (AvgIpc) is 3.24. The lowest BCUT2D eigenvalue weighted by Gasteiger charge is -2.22. The van der Waals surface area contributed by atoms with E-state index in [1.54, 1.807) is 0 Å². The molecule has 4 aromatic carbocycles. The van der Waals surface area contributed by atoms with E-state index in [-0.39, 0.29) is 12.6 Å². The molecule has 1 heterocycles. The van der Waals surface area contributed by atoms with Crippen molar-refractivity contribution in [2.45, 2.75) is 18.9 Å². The minimum atomic E-state index is 0.103. The Kier molecular flexibility index (Phi) is 4.74. The van der Waals surface area contributed by atoms with Gasteiger partial charge in [0.1, 0.15) is 0 Å². The lowest BCUT2D eigenvalue weighted by molar-refractivity contribution is 0.163. The zero-order chi connectivity index (χ0) is 19.6. The third-order valence-electron chi connectivity index (χ3n) is 5.83. The van der Waals surface area contributed by atoms with E-state index in [0.29, 0.717) is 0 Å². The van der Waals surface area contributed by atoms with Crippen molar-refractivity contribution < 1.29 is 5.11 Å². The summed E-state index contributed by atoms with van der Waals surface area (Å²) in [7, 11) is 0. The van der Waals surface area contributed by atoms with Gasteiger partial charge in [-0.3, -0.25) is 5.01 Å². The maximum atomic E-state index is 9.76. The number of hydrogen-bond acceptors (Lipinski definition) is 3. The first-order valence-corrected chi connectivity index (χ1v) is 10.3. The number of fused-ring (bicyclic) bond motifs is 2. The maximum Gasteiger partial charge on any atom is 0.0976 e. The smallest absolute Gasteiger partial charge is 0.0976 e. The highest BCUT2D eigenvalue weighted by Gasteiger charge is 2.23. The third kappa shape index (κ3) is 3.50. The first kappa shape index (κ1) is 17.9. The van der Waals surface area contributed by atoms with E-state index in [0.717, 1.165) is 36.2 Å². The second-order valence-corrected chi connectivity index (χ2v) is 7.71. The molecule has 1 aliphatic rings. The Morgan fingerprint density at radius 1 is 0.793 bits per heavy atom. The molecule has 29 heavy (non-hydrogen) atoms. The molecule has 0 aliphatic carbocycles. The fourth-order valence-electron chi connectivity index (χ4n) is 4.22. The van der Waals surface area contributed by atoms with Crippen molar-refractivity contribution in [1.82, 2.24) is 5.01 Å². The van der Waals surface area contributed by atoms with Crippen LogP contribution in [-0.2, 0) is 0 Å². The van der Waals surface area contributed by atoms with Crippen LogP contribution in [-0.4, -0.2) is 35.0 Å². The van der Waals surface area contributed by atoms with Gasteiger partial charge in [-0.05, 0) is 46.5 Å². The lowest BCUT2D eigenvalue weighted by atomic mass is 9.97. The van der Waals surface area contributed by atoms with Gasteiger partial charge in [-0.2, -0.15) is 5.10 Å². The molecule has 1 atom stereocenters. The summed E-state index contributed by atoms with van der Waals surface area (Å²) in [5.74, 6) is 0. The lowest BCUT2D eigenvalue weighted by Crippen LogP contribution is -2.29. The number of hydrogen-bond donors (Lipinski definition) is 1. The van der Waals surface area contributed by atoms with Crippen molar-refractivity contribution in [1.29, 1.82) is 0 Å². The molecule has 1 aliphatic heterocycles. The van der Waals surface area contributed by atoms with E-state index >= 15 is 0 Å². The van der Waals surface area contributed by atoms with Gasteiger partial charge >= 0.3 is 0 Å². The molecule has 1 fully saturated rings. The van der Waals surface area contributed by atoms with Gasteiger partial charge in [-0.15, -0.1) is 0 Å². The predicted molar refractivity (Wildman–Crippen MR) is 120 cm³/mol.